The smallest absolute Gasteiger partial charge is 0.416 e. The molecule has 0 saturated heterocycles. The first-order valence-corrected chi connectivity index (χ1v) is 5.86. The van der Waals surface area contributed by atoms with E-state index in [0.717, 1.165) is 6.07 Å². The minimum atomic E-state index is -4.40. The Morgan fingerprint density at radius 2 is 1.74 bits per heavy atom. The van der Waals surface area contributed by atoms with E-state index in [1.54, 1.807) is 24.3 Å². The van der Waals surface area contributed by atoms with Crippen molar-refractivity contribution >= 4 is 11.6 Å². The van der Waals surface area contributed by atoms with Gasteiger partial charge in [-0.15, -0.1) is 0 Å². The van der Waals surface area contributed by atoms with E-state index in [-0.39, 0.29) is 11.3 Å². The topological polar surface area (TPSA) is 9.23 Å². The second kappa shape index (κ2) is 5.13. The van der Waals surface area contributed by atoms with Crippen LogP contribution >= 0.6 is 11.6 Å². The van der Waals surface area contributed by atoms with E-state index < -0.39 is 11.7 Å². The van der Waals surface area contributed by atoms with Crippen molar-refractivity contribution in [2.45, 2.75) is 13.1 Å². The van der Waals surface area contributed by atoms with Gasteiger partial charge in [0.1, 0.15) is 11.5 Å². The zero-order valence-electron chi connectivity index (χ0n) is 9.96. The maximum Gasteiger partial charge on any atom is 0.416 e. The standard InChI is InChI=1S/C14H10ClF3O/c1-9-6-7-10(8-11(9)14(16,17)18)19-13-5-3-2-4-12(13)15/h2-8H,1H3. The van der Waals surface area contributed by atoms with Gasteiger partial charge >= 0.3 is 6.18 Å². The lowest BCUT2D eigenvalue weighted by atomic mass is 10.1. The molecule has 0 radical (unpaired) electrons. The zero-order valence-corrected chi connectivity index (χ0v) is 10.7. The summed E-state index contributed by atoms with van der Waals surface area (Å²) in [6.45, 7) is 1.40. The number of aryl methyl sites for hydroxylation is 1. The summed E-state index contributed by atoms with van der Waals surface area (Å²) < 4.78 is 43.7. The van der Waals surface area contributed by atoms with E-state index in [2.05, 4.69) is 0 Å². The van der Waals surface area contributed by atoms with Gasteiger partial charge in [0.2, 0.25) is 0 Å². The Morgan fingerprint density at radius 3 is 2.37 bits per heavy atom. The highest BCUT2D eigenvalue weighted by Gasteiger charge is 2.32. The minimum Gasteiger partial charge on any atom is -0.456 e. The van der Waals surface area contributed by atoms with Crippen molar-refractivity contribution in [2.24, 2.45) is 0 Å². The van der Waals surface area contributed by atoms with Gasteiger partial charge < -0.3 is 4.74 Å². The fourth-order valence-electron chi connectivity index (χ4n) is 1.62. The van der Waals surface area contributed by atoms with Gasteiger partial charge in [-0.05, 0) is 36.8 Å². The molecule has 0 heterocycles. The van der Waals surface area contributed by atoms with E-state index in [1.807, 2.05) is 0 Å². The molecule has 0 amide bonds. The molecule has 0 fully saturated rings. The van der Waals surface area contributed by atoms with Gasteiger partial charge in [0.05, 0.1) is 10.6 Å². The molecule has 0 aliphatic heterocycles. The molecule has 0 bridgehead atoms. The molecule has 0 spiro atoms. The number of rotatable bonds is 2. The minimum absolute atomic E-state index is 0.103. The Labute approximate surface area is 113 Å². The van der Waals surface area contributed by atoms with Crippen molar-refractivity contribution in [1.29, 1.82) is 0 Å². The van der Waals surface area contributed by atoms with E-state index in [0.29, 0.717) is 10.8 Å². The van der Waals surface area contributed by atoms with Crippen molar-refractivity contribution in [3.05, 3.63) is 58.6 Å². The van der Waals surface area contributed by atoms with Crippen LogP contribution in [0.15, 0.2) is 42.5 Å². The lowest BCUT2D eigenvalue weighted by molar-refractivity contribution is -0.138. The van der Waals surface area contributed by atoms with Gasteiger partial charge in [0.15, 0.2) is 0 Å². The van der Waals surface area contributed by atoms with Crippen molar-refractivity contribution in [3.8, 4) is 11.5 Å². The number of para-hydroxylation sites is 1. The third-order valence-corrected chi connectivity index (χ3v) is 2.89. The summed E-state index contributed by atoms with van der Waals surface area (Å²) in [7, 11) is 0. The van der Waals surface area contributed by atoms with Crippen LogP contribution in [0.3, 0.4) is 0 Å². The first-order valence-electron chi connectivity index (χ1n) is 5.48. The third kappa shape index (κ3) is 3.20. The zero-order chi connectivity index (χ0) is 14.0. The highest BCUT2D eigenvalue weighted by Crippen LogP contribution is 2.36. The highest BCUT2D eigenvalue weighted by molar-refractivity contribution is 6.32. The Morgan fingerprint density at radius 1 is 1.05 bits per heavy atom. The quantitative estimate of drug-likeness (QED) is 0.712. The Hall–Kier alpha value is -1.68. The van der Waals surface area contributed by atoms with Gasteiger partial charge in [0, 0.05) is 0 Å². The summed E-state index contributed by atoms with van der Waals surface area (Å²) in [5, 5.41) is 0.344. The molecule has 0 unspecified atom stereocenters. The summed E-state index contributed by atoms with van der Waals surface area (Å²) in [6.07, 6.45) is -4.40. The Bertz CT molecular complexity index is 593. The summed E-state index contributed by atoms with van der Waals surface area (Å²) in [5.74, 6) is 0.423. The number of halogens is 4. The SMILES string of the molecule is Cc1ccc(Oc2ccccc2Cl)cc1C(F)(F)F. The van der Waals surface area contributed by atoms with Crippen molar-refractivity contribution < 1.29 is 17.9 Å². The summed E-state index contributed by atoms with van der Waals surface area (Å²) >= 11 is 5.89. The first-order chi connectivity index (χ1) is 8.88. The molecule has 2 rings (SSSR count). The van der Waals surface area contributed by atoms with Crippen LogP contribution in [0.5, 0.6) is 11.5 Å². The van der Waals surface area contributed by atoms with Crippen molar-refractivity contribution in [1.82, 2.24) is 0 Å². The maximum atomic E-state index is 12.8. The van der Waals surface area contributed by atoms with Crippen molar-refractivity contribution in [2.75, 3.05) is 0 Å². The van der Waals surface area contributed by atoms with E-state index in [1.165, 1.54) is 19.1 Å². The van der Waals surface area contributed by atoms with Gasteiger partial charge in [-0.2, -0.15) is 13.2 Å². The Kier molecular flexibility index (Phi) is 3.71. The molecule has 0 aromatic heterocycles. The van der Waals surface area contributed by atoms with Gasteiger partial charge in [-0.25, -0.2) is 0 Å². The number of benzene rings is 2. The van der Waals surface area contributed by atoms with E-state index >= 15 is 0 Å². The molecule has 1 nitrogen and oxygen atoms in total. The molecule has 5 heteroatoms. The third-order valence-electron chi connectivity index (χ3n) is 2.58. The summed E-state index contributed by atoms with van der Waals surface area (Å²) in [6, 6.07) is 10.4. The van der Waals surface area contributed by atoms with Crippen molar-refractivity contribution in [3.63, 3.8) is 0 Å². The van der Waals surface area contributed by atoms with E-state index in [9.17, 15) is 13.2 Å². The predicted molar refractivity (Wildman–Crippen MR) is 67.7 cm³/mol. The van der Waals surface area contributed by atoms with Crippen LogP contribution in [-0.4, -0.2) is 0 Å². The maximum absolute atomic E-state index is 12.8. The average molecular weight is 287 g/mol. The summed E-state index contributed by atoms with van der Waals surface area (Å²) in [5.41, 5.74) is -0.559. The fraction of sp³-hybridized carbons (Fsp3) is 0.143. The molecular weight excluding hydrogens is 277 g/mol. The van der Waals surface area contributed by atoms with Crippen LogP contribution in [0.2, 0.25) is 5.02 Å². The second-order valence-corrected chi connectivity index (χ2v) is 4.41. The number of hydrogen-bond acceptors (Lipinski definition) is 1. The average Bonchev–Trinajstić information content (AvgIpc) is 2.33. The molecule has 2 aromatic rings. The molecule has 0 atom stereocenters. The first kappa shape index (κ1) is 13.7. The van der Waals surface area contributed by atoms with Crippen LogP contribution in [-0.2, 0) is 6.18 Å². The lowest BCUT2D eigenvalue weighted by Gasteiger charge is -2.13. The van der Waals surface area contributed by atoms with Gasteiger partial charge in [-0.3, -0.25) is 0 Å². The molecule has 0 saturated carbocycles. The lowest BCUT2D eigenvalue weighted by Crippen LogP contribution is -2.07. The predicted octanol–water partition coefficient (Wildman–Crippen LogP) is 5.46. The molecular formula is C14H10ClF3O. The molecule has 0 aliphatic rings. The molecule has 19 heavy (non-hydrogen) atoms. The van der Waals surface area contributed by atoms with Crippen LogP contribution in [0.25, 0.3) is 0 Å². The van der Waals surface area contributed by atoms with Gasteiger partial charge in [0.25, 0.3) is 0 Å². The van der Waals surface area contributed by atoms with E-state index in [4.69, 9.17) is 16.3 Å². The second-order valence-electron chi connectivity index (χ2n) is 4.01. The molecule has 0 aliphatic carbocycles. The van der Waals surface area contributed by atoms with Crippen LogP contribution in [0.4, 0.5) is 13.2 Å². The van der Waals surface area contributed by atoms with Crippen LogP contribution in [0, 0.1) is 6.92 Å². The highest BCUT2D eigenvalue weighted by atomic mass is 35.5. The fourth-order valence-corrected chi connectivity index (χ4v) is 1.80. The van der Waals surface area contributed by atoms with Crippen LogP contribution < -0.4 is 4.74 Å². The monoisotopic (exact) mass is 286 g/mol. The van der Waals surface area contributed by atoms with Gasteiger partial charge in [-0.1, -0.05) is 29.8 Å². The largest absolute Gasteiger partial charge is 0.456 e. The normalized spacial score (nSPS) is 11.4. The van der Waals surface area contributed by atoms with Crippen LogP contribution in [0.1, 0.15) is 11.1 Å². The number of hydrogen-bond donors (Lipinski definition) is 0. The number of ether oxygens (including phenoxy) is 1. The number of alkyl halides is 3. The summed E-state index contributed by atoms with van der Waals surface area (Å²) in [4.78, 5) is 0. The molecule has 100 valence electrons. The molecule has 0 N–H and O–H groups in total. The molecule has 2 aromatic carbocycles. The Balaban J connectivity index is 2.35.